The normalized spacial score (nSPS) is 21.1. The van der Waals surface area contributed by atoms with E-state index in [1.807, 2.05) is 0 Å². The number of nitrogens with zero attached hydrogens (tertiary/aromatic N) is 1. The fraction of sp³-hybridized carbons (Fsp3) is 0.389. The number of thioether (sulfide) groups is 1. The number of methoxy groups -OCH3 is 1. The van der Waals surface area contributed by atoms with E-state index in [-0.39, 0.29) is 30.1 Å². The number of benzene rings is 1. The molecule has 1 saturated heterocycles. The summed E-state index contributed by atoms with van der Waals surface area (Å²) < 4.78 is 10.3. The zero-order valence-electron chi connectivity index (χ0n) is 15.2. The Morgan fingerprint density at radius 2 is 2.07 bits per heavy atom. The van der Waals surface area contributed by atoms with E-state index in [1.54, 1.807) is 18.2 Å². The van der Waals surface area contributed by atoms with Crippen LogP contribution in [0.15, 0.2) is 29.5 Å². The van der Waals surface area contributed by atoms with Crippen LogP contribution in [0.4, 0.5) is 0 Å². The second-order valence-electron chi connectivity index (χ2n) is 6.23. The molecule has 1 aromatic carbocycles. The molecule has 1 N–H and O–H groups in total. The molecule has 0 aliphatic carbocycles. The second-order valence-corrected chi connectivity index (χ2v) is 8.15. The minimum Gasteiger partial charge on any atom is -0.461 e. The van der Waals surface area contributed by atoms with Gasteiger partial charge in [0.25, 0.3) is 11.8 Å². The molecule has 2 amide bonds. The summed E-state index contributed by atoms with van der Waals surface area (Å²) >= 11 is 13.4. The zero-order valence-corrected chi connectivity index (χ0v) is 17.5. The first-order valence-electron chi connectivity index (χ1n) is 8.38. The summed E-state index contributed by atoms with van der Waals surface area (Å²) in [6.45, 7) is 1.44. The minimum absolute atomic E-state index is 0.0496. The van der Waals surface area contributed by atoms with Gasteiger partial charge in [-0.3, -0.25) is 19.3 Å². The number of carbonyl (C=O) groups excluding carboxylic acids is 3. The molecule has 150 valence electrons. The van der Waals surface area contributed by atoms with Crippen LogP contribution in [0.2, 0.25) is 10.0 Å². The van der Waals surface area contributed by atoms with Crippen molar-refractivity contribution in [1.82, 2.24) is 10.2 Å². The lowest BCUT2D eigenvalue weighted by Crippen LogP contribution is -2.66. The summed E-state index contributed by atoms with van der Waals surface area (Å²) in [5.74, 6) is -0.724. The van der Waals surface area contributed by atoms with E-state index >= 15 is 0 Å². The van der Waals surface area contributed by atoms with Crippen LogP contribution in [0, 0.1) is 0 Å². The molecule has 0 radical (unpaired) electrons. The number of nitrogens with one attached hydrogen (secondary N) is 1. The van der Waals surface area contributed by atoms with Crippen LogP contribution in [0.3, 0.4) is 0 Å². The van der Waals surface area contributed by atoms with E-state index < -0.39 is 18.0 Å². The lowest BCUT2D eigenvalue weighted by atomic mass is 10.0. The van der Waals surface area contributed by atoms with E-state index in [1.165, 1.54) is 30.7 Å². The van der Waals surface area contributed by atoms with E-state index in [0.717, 1.165) is 5.56 Å². The number of amides is 2. The predicted molar refractivity (Wildman–Crippen MR) is 106 cm³/mol. The topological polar surface area (TPSA) is 84.9 Å². The maximum Gasteiger partial charge on any atom is 0.302 e. The summed E-state index contributed by atoms with van der Waals surface area (Å²) in [6, 6.07) is 5.05. The number of fused-ring (bicyclic) bond motifs is 1. The standard InChI is InChI=1S/C18H18Cl2N2O5S/c1-9(23)27-7-11-8-28-18-15(26-2)17(25)22(18)14(11)16(24)21-6-10-3-4-12(19)13(20)5-10/h3-5,15,18H,6-8H2,1-2H3,(H,21,24)/t15-,18+/m0/s1. The lowest BCUT2D eigenvalue weighted by molar-refractivity contribution is -0.160. The Morgan fingerprint density at radius 3 is 2.71 bits per heavy atom. The van der Waals surface area contributed by atoms with Crippen molar-refractivity contribution in [2.24, 2.45) is 0 Å². The van der Waals surface area contributed by atoms with Gasteiger partial charge in [-0.05, 0) is 17.7 Å². The molecule has 3 rings (SSSR count). The summed E-state index contributed by atoms with van der Waals surface area (Å²) in [7, 11) is 1.46. The zero-order chi connectivity index (χ0) is 20.4. The van der Waals surface area contributed by atoms with E-state index in [0.29, 0.717) is 21.4 Å². The molecule has 2 atom stereocenters. The molecule has 10 heteroatoms. The molecule has 28 heavy (non-hydrogen) atoms. The Hall–Kier alpha value is -1.74. The molecular formula is C18H18Cl2N2O5S. The highest BCUT2D eigenvalue weighted by molar-refractivity contribution is 8.00. The largest absolute Gasteiger partial charge is 0.461 e. The number of halogens is 2. The quantitative estimate of drug-likeness (QED) is 0.535. The number of hydrogen-bond donors (Lipinski definition) is 1. The predicted octanol–water partition coefficient (Wildman–Crippen LogP) is 2.36. The highest BCUT2D eigenvalue weighted by Gasteiger charge is 2.53. The molecule has 1 fully saturated rings. The fourth-order valence-electron chi connectivity index (χ4n) is 2.96. The number of β-lactam (4-membered cyclic amide) rings is 1. The van der Waals surface area contributed by atoms with Crippen LogP contribution in [0.1, 0.15) is 12.5 Å². The average molecular weight is 445 g/mol. The van der Waals surface area contributed by atoms with Crippen molar-refractivity contribution in [3.63, 3.8) is 0 Å². The summed E-state index contributed by atoms with van der Waals surface area (Å²) in [5.41, 5.74) is 1.55. The third-order valence-corrected chi connectivity index (χ3v) is 6.41. The Bertz CT molecular complexity index is 860. The summed E-state index contributed by atoms with van der Waals surface area (Å²) in [4.78, 5) is 37.9. The third-order valence-electron chi connectivity index (χ3n) is 4.35. The van der Waals surface area contributed by atoms with Crippen molar-refractivity contribution >= 4 is 52.7 Å². The van der Waals surface area contributed by atoms with E-state index in [9.17, 15) is 14.4 Å². The summed E-state index contributed by atoms with van der Waals surface area (Å²) in [6.07, 6.45) is -0.585. The SMILES string of the molecule is CO[C@H]1C(=O)N2C(C(=O)NCc3ccc(Cl)c(Cl)c3)=C(COC(C)=O)CS[C@H]12. The van der Waals surface area contributed by atoms with Crippen molar-refractivity contribution in [3.05, 3.63) is 45.1 Å². The van der Waals surface area contributed by atoms with Crippen LogP contribution in [-0.4, -0.2) is 53.6 Å². The molecular weight excluding hydrogens is 427 g/mol. The lowest BCUT2D eigenvalue weighted by Gasteiger charge is -2.49. The van der Waals surface area contributed by atoms with Gasteiger partial charge in [0, 0.05) is 31.9 Å². The number of hydrogen-bond acceptors (Lipinski definition) is 6. The molecule has 0 bridgehead atoms. The first-order valence-corrected chi connectivity index (χ1v) is 10.2. The highest BCUT2D eigenvalue weighted by Crippen LogP contribution is 2.41. The van der Waals surface area contributed by atoms with Gasteiger partial charge in [-0.15, -0.1) is 11.8 Å². The molecule has 0 saturated carbocycles. The summed E-state index contributed by atoms with van der Waals surface area (Å²) in [5, 5.41) is 3.32. The van der Waals surface area contributed by atoms with E-state index in [2.05, 4.69) is 5.32 Å². The third kappa shape index (κ3) is 4.15. The maximum absolute atomic E-state index is 12.9. The number of rotatable bonds is 6. The first-order chi connectivity index (χ1) is 13.3. The Balaban J connectivity index is 1.80. The molecule has 2 aliphatic heterocycles. The van der Waals surface area contributed by atoms with Gasteiger partial charge in [0.1, 0.15) is 17.7 Å². The van der Waals surface area contributed by atoms with Crippen LogP contribution in [-0.2, 0) is 30.4 Å². The molecule has 0 aromatic heterocycles. The van der Waals surface area contributed by atoms with Crippen LogP contribution in [0.5, 0.6) is 0 Å². The van der Waals surface area contributed by atoms with Crippen molar-refractivity contribution in [2.75, 3.05) is 19.5 Å². The molecule has 2 heterocycles. The van der Waals surface area contributed by atoms with Gasteiger partial charge in [0.05, 0.1) is 10.0 Å². The first kappa shape index (κ1) is 21.0. The van der Waals surface area contributed by atoms with Crippen LogP contribution >= 0.6 is 35.0 Å². The van der Waals surface area contributed by atoms with Gasteiger partial charge in [-0.25, -0.2) is 0 Å². The van der Waals surface area contributed by atoms with Crippen molar-refractivity contribution in [1.29, 1.82) is 0 Å². The molecule has 7 nitrogen and oxygen atoms in total. The Labute approximate surface area is 176 Å². The minimum atomic E-state index is -0.585. The van der Waals surface area contributed by atoms with Crippen molar-refractivity contribution in [3.8, 4) is 0 Å². The van der Waals surface area contributed by atoms with Gasteiger partial charge < -0.3 is 14.8 Å². The second kappa shape index (κ2) is 8.73. The molecule has 0 spiro atoms. The molecule has 2 aliphatic rings. The number of carbonyl (C=O) groups is 3. The van der Waals surface area contributed by atoms with Crippen molar-refractivity contribution in [2.45, 2.75) is 24.9 Å². The van der Waals surface area contributed by atoms with Gasteiger partial charge in [0.2, 0.25) is 0 Å². The Kier molecular flexibility index (Phi) is 6.54. The molecule has 1 aromatic rings. The maximum atomic E-state index is 12.9. The average Bonchev–Trinajstić information content (AvgIpc) is 2.66. The van der Waals surface area contributed by atoms with Crippen LogP contribution in [0.25, 0.3) is 0 Å². The highest BCUT2D eigenvalue weighted by atomic mass is 35.5. The van der Waals surface area contributed by atoms with Crippen molar-refractivity contribution < 1.29 is 23.9 Å². The smallest absolute Gasteiger partial charge is 0.302 e. The van der Waals surface area contributed by atoms with Gasteiger partial charge >= 0.3 is 5.97 Å². The van der Waals surface area contributed by atoms with Gasteiger partial charge in [-0.1, -0.05) is 29.3 Å². The van der Waals surface area contributed by atoms with Gasteiger partial charge in [-0.2, -0.15) is 0 Å². The van der Waals surface area contributed by atoms with Gasteiger partial charge in [0.15, 0.2) is 6.10 Å². The van der Waals surface area contributed by atoms with Crippen LogP contribution < -0.4 is 5.32 Å². The monoisotopic (exact) mass is 444 g/mol. The Morgan fingerprint density at radius 1 is 1.32 bits per heavy atom. The number of esters is 1. The fourth-order valence-corrected chi connectivity index (χ4v) is 4.64. The molecule has 0 unspecified atom stereocenters. The number of ether oxygens (including phenoxy) is 2. The van der Waals surface area contributed by atoms with E-state index in [4.69, 9.17) is 32.7 Å².